The van der Waals surface area contributed by atoms with Crippen molar-refractivity contribution < 1.29 is 9.53 Å². The topological polar surface area (TPSA) is 54.5 Å². The van der Waals surface area contributed by atoms with E-state index in [4.69, 9.17) is 4.74 Å². The molecule has 0 spiro atoms. The lowest BCUT2D eigenvalue weighted by Crippen LogP contribution is -2.43. The van der Waals surface area contributed by atoms with Gasteiger partial charge in [0.05, 0.1) is 11.8 Å². The minimum Gasteiger partial charge on any atom is -0.489 e. The molecule has 1 aliphatic heterocycles. The second kappa shape index (κ2) is 8.89. The van der Waals surface area contributed by atoms with Crippen molar-refractivity contribution in [1.82, 2.24) is 9.88 Å². The first kappa shape index (κ1) is 19.2. The Bertz CT molecular complexity index is 776. The van der Waals surface area contributed by atoms with E-state index < -0.39 is 0 Å². The highest BCUT2D eigenvalue weighted by Gasteiger charge is 2.26. The Balaban J connectivity index is 1.79. The van der Waals surface area contributed by atoms with E-state index in [-0.39, 0.29) is 12.0 Å². The molecule has 1 aromatic heterocycles. The summed E-state index contributed by atoms with van der Waals surface area (Å²) in [5.74, 6) is 1.51. The van der Waals surface area contributed by atoms with Crippen molar-refractivity contribution in [3.63, 3.8) is 0 Å². The predicted octanol–water partition coefficient (Wildman–Crippen LogP) is 5.02. The third-order valence-corrected chi connectivity index (χ3v) is 4.88. The van der Waals surface area contributed by atoms with Crippen LogP contribution in [0.2, 0.25) is 0 Å². The van der Waals surface area contributed by atoms with Crippen LogP contribution in [0.5, 0.6) is 5.75 Å². The monoisotopic (exact) mass is 367 g/mol. The van der Waals surface area contributed by atoms with Gasteiger partial charge in [0.1, 0.15) is 11.6 Å². The summed E-state index contributed by atoms with van der Waals surface area (Å²) in [5.41, 5.74) is 1.52. The van der Waals surface area contributed by atoms with Crippen LogP contribution in [0.4, 0.5) is 11.5 Å². The fourth-order valence-corrected chi connectivity index (χ4v) is 3.55. The normalized spacial score (nSPS) is 17.0. The zero-order valence-corrected chi connectivity index (χ0v) is 16.4. The number of benzene rings is 1. The first-order valence-electron chi connectivity index (χ1n) is 9.88. The van der Waals surface area contributed by atoms with Gasteiger partial charge in [0.15, 0.2) is 0 Å². The van der Waals surface area contributed by atoms with Gasteiger partial charge in [-0.3, -0.25) is 4.79 Å². The van der Waals surface area contributed by atoms with Gasteiger partial charge in [-0.05, 0) is 63.8 Å². The third kappa shape index (κ3) is 4.79. The summed E-state index contributed by atoms with van der Waals surface area (Å²) in [6.07, 6.45) is 6.15. The molecule has 2 heterocycles. The second-order valence-corrected chi connectivity index (χ2v) is 7.27. The predicted molar refractivity (Wildman–Crippen MR) is 109 cm³/mol. The fraction of sp³-hybridized carbons (Fsp3) is 0.455. The van der Waals surface area contributed by atoms with Crippen LogP contribution in [0.25, 0.3) is 0 Å². The molecule has 1 N–H and O–H groups in total. The van der Waals surface area contributed by atoms with E-state index in [0.29, 0.717) is 17.4 Å². The van der Waals surface area contributed by atoms with Crippen LogP contribution in [-0.2, 0) is 0 Å². The van der Waals surface area contributed by atoms with E-state index in [1.807, 2.05) is 49.1 Å². The highest BCUT2D eigenvalue weighted by molar-refractivity contribution is 5.95. The van der Waals surface area contributed by atoms with E-state index in [1.54, 1.807) is 12.3 Å². The molecular weight excluding hydrogens is 338 g/mol. The van der Waals surface area contributed by atoms with Crippen molar-refractivity contribution in [3.05, 3.63) is 48.2 Å². The Morgan fingerprint density at radius 3 is 2.89 bits per heavy atom. The number of nitrogens with zero attached hydrogens (tertiary/aromatic N) is 2. The average Bonchev–Trinajstić information content (AvgIpc) is 2.69. The molecule has 1 atom stereocenters. The van der Waals surface area contributed by atoms with Crippen molar-refractivity contribution >= 4 is 17.4 Å². The zero-order chi connectivity index (χ0) is 19.2. The second-order valence-electron chi connectivity index (χ2n) is 7.27. The summed E-state index contributed by atoms with van der Waals surface area (Å²) in [7, 11) is 0. The standard InChI is InChI=1S/C22H29N3O2/c1-4-18-9-7-8-14-25(18)22(26)17-12-13-23-21(15-17)24-19-10-5-6-11-20(19)27-16(2)3/h5-6,10-13,15-16,18H,4,7-9,14H2,1-3H3,(H,23,24). The molecule has 5 heteroatoms. The number of aromatic nitrogens is 1. The largest absolute Gasteiger partial charge is 0.489 e. The van der Waals surface area contributed by atoms with E-state index in [1.165, 1.54) is 6.42 Å². The van der Waals surface area contributed by atoms with Gasteiger partial charge in [0.2, 0.25) is 0 Å². The summed E-state index contributed by atoms with van der Waals surface area (Å²) in [4.78, 5) is 19.4. The van der Waals surface area contributed by atoms with Crippen LogP contribution in [0.3, 0.4) is 0 Å². The molecule has 0 bridgehead atoms. The Kier molecular flexibility index (Phi) is 6.32. The lowest BCUT2D eigenvalue weighted by molar-refractivity contribution is 0.0608. The Morgan fingerprint density at radius 2 is 2.11 bits per heavy atom. The van der Waals surface area contributed by atoms with E-state index >= 15 is 0 Å². The number of carbonyl (C=O) groups excluding carboxylic acids is 1. The van der Waals surface area contributed by atoms with E-state index in [0.717, 1.165) is 37.2 Å². The van der Waals surface area contributed by atoms with Gasteiger partial charge >= 0.3 is 0 Å². The number of hydrogen-bond donors (Lipinski definition) is 1. The van der Waals surface area contributed by atoms with Gasteiger partial charge in [-0.2, -0.15) is 0 Å². The van der Waals surface area contributed by atoms with E-state index in [2.05, 4.69) is 17.2 Å². The van der Waals surface area contributed by atoms with Gasteiger partial charge in [0.25, 0.3) is 5.91 Å². The molecule has 1 amide bonds. The van der Waals surface area contributed by atoms with Gasteiger partial charge in [-0.15, -0.1) is 0 Å². The van der Waals surface area contributed by atoms with Crippen LogP contribution >= 0.6 is 0 Å². The van der Waals surface area contributed by atoms with Crippen molar-refractivity contribution in [2.24, 2.45) is 0 Å². The number of ether oxygens (including phenoxy) is 1. The highest BCUT2D eigenvalue weighted by Crippen LogP contribution is 2.28. The molecule has 3 rings (SSSR count). The number of anilines is 2. The molecule has 1 saturated heterocycles. The summed E-state index contributed by atoms with van der Waals surface area (Å²) >= 11 is 0. The van der Waals surface area contributed by atoms with Crippen LogP contribution < -0.4 is 10.1 Å². The first-order chi connectivity index (χ1) is 13.1. The number of likely N-dealkylation sites (tertiary alicyclic amines) is 1. The molecule has 1 fully saturated rings. The number of carbonyl (C=O) groups is 1. The molecule has 1 aromatic carbocycles. The lowest BCUT2D eigenvalue weighted by Gasteiger charge is -2.35. The first-order valence-corrected chi connectivity index (χ1v) is 9.88. The highest BCUT2D eigenvalue weighted by atomic mass is 16.5. The Labute approximate surface area is 161 Å². The van der Waals surface area contributed by atoms with Crippen molar-refractivity contribution in [3.8, 4) is 5.75 Å². The lowest BCUT2D eigenvalue weighted by atomic mass is 9.99. The summed E-state index contributed by atoms with van der Waals surface area (Å²) in [6, 6.07) is 11.7. The maximum atomic E-state index is 13.0. The molecule has 1 aliphatic rings. The van der Waals surface area contributed by atoms with Gasteiger partial charge in [-0.25, -0.2) is 4.98 Å². The van der Waals surface area contributed by atoms with Crippen LogP contribution in [0.15, 0.2) is 42.6 Å². The van der Waals surface area contributed by atoms with Crippen molar-refractivity contribution in [2.75, 3.05) is 11.9 Å². The number of piperidine rings is 1. The third-order valence-electron chi connectivity index (χ3n) is 4.88. The minimum atomic E-state index is 0.0823. The van der Waals surface area contributed by atoms with Gasteiger partial charge in [-0.1, -0.05) is 19.1 Å². The molecule has 0 radical (unpaired) electrons. The smallest absolute Gasteiger partial charge is 0.254 e. The minimum absolute atomic E-state index is 0.0823. The van der Waals surface area contributed by atoms with Crippen LogP contribution in [0.1, 0.15) is 56.8 Å². The van der Waals surface area contributed by atoms with Crippen molar-refractivity contribution in [2.45, 2.75) is 58.6 Å². The SMILES string of the molecule is CCC1CCCCN1C(=O)c1ccnc(Nc2ccccc2OC(C)C)c1. The quantitative estimate of drug-likeness (QED) is 0.779. The Hall–Kier alpha value is -2.56. The summed E-state index contributed by atoms with van der Waals surface area (Å²) < 4.78 is 5.85. The molecular formula is C22H29N3O2. The number of hydrogen-bond acceptors (Lipinski definition) is 4. The fourth-order valence-electron chi connectivity index (χ4n) is 3.55. The molecule has 144 valence electrons. The average molecular weight is 367 g/mol. The van der Waals surface area contributed by atoms with Crippen LogP contribution in [-0.4, -0.2) is 34.5 Å². The molecule has 1 unspecified atom stereocenters. The van der Waals surface area contributed by atoms with Crippen LogP contribution in [0, 0.1) is 0 Å². The summed E-state index contributed by atoms with van der Waals surface area (Å²) in [6.45, 7) is 6.99. The Morgan fingerprint density at radius 1 is 1.30 bits per heavy atom. The number of pyridine rings is 1. The molecule has 5 nitrogen and oxygen atoms in total. The van der Waals surface area contributed by atoms with Crippen molar-refractivity contribution in [1.29, 1.82) is 0 Å². The molecule has 0 aliphatic carbocycles. The maximum Gasteiger partial charge on any atom is 0.254 e. The number of nitrogens with one attached hydrogen (secondary N) is 1. The molecule has 0 saturated carbocycles. The van der Waals surface area contributed by atoms with E-state index in [9.17, 15) is 4.79 Å². The zero-order valence-electron chi connectivity index (χ0n) is 16.4. The summed E-state index contributed by atoms with van der Waals surface area (Å²) in [5, 5.41) is 3.29. The maximum absolute atomic E-state index is 13.0. The molecule has 27 heavy (non-hydrogen) atoms. The number of para-hydroxylation sites is 2. The molecule has 2 aromatic rings. The van der Waals surface area contributed by atoms with Gasteiger partial charge in [0, 0.05) is 24.3 Å². The van der Waals surface area contributed by atoms with Gasteiger partial charge < -0.3 is 15.0 Å². The number of rotatable bonds is 6. The number of amides is 1.